The Hall–Kier alpha value is -0.160. The molecule has 3 atom stereocenters. The largest absolute Gasteiger partial charge is 0.372 e. The fourth-order valence-corrected chi connectivity index (χ4v) is 3.89. The van der Waals surface area contributed by atoms with Gasteiger partial charge in [-0.25, -0.2) is 0 Å². The molecule has 0 radical (unpaired) electrons. The van der Waals surface area contributed by atoms with E-state index in [1.54, 1.807) is 0 Å². The van der Waals surface area contributed by atoms with Gasteiger partial charge in [-0.1, -0.05) is 0 Å². The summed E-state index contributed by atoms with van der Waals surface area (Å²) >= 11 is 0. The Morgan fingerprint density at radius 3 is 2.59 bits per heavy atom. The summed E-state index contributed by atoms with van der Waals surface area (Å²) in [5.74, 6) is 0. The predicted octanol–water partition coefficient (Wildman–Crippen LogP) is 0.273. The van der Waals surface area contributed by atoms with Gasteiger partial charge in [-0.05, 0) is 39.3 Å². The van der Waals surface area contributed by atoms with E-state index in [-0.39, 0.29) is 5.54 Å². The van der Waals surface area contributed by atoms with Crippen LogP contribution in [0.15, 0.2) is 0 Å². The number of morpholine rings is 1. The van der Waals surface area contributed by atoms with Crippen molar-refractivity contribution in [2.45, 2.75) is 43.4 Å². The van der Waals surface area contributed by atoms with Gasteiger partial charge < -0.3 is 15.4 Å². The van der Waals surface area contributed by atoms with E-state index in [4.69, 9.17) is 10.5 Å². The second kappa shape index (κ2) is 4.50. The van der Waals surface area contributed by atoms with Crippen molar-refractivity contribution in [1.29, 1.82) is 0 Å². The molecular weight excluding hydrogens is 214 g/mol. The summed E-state index contributed by atoms with van der Waals surface area (Å²) in [5.41, 5.74) is 6.35. The van der Waals surface area contributed by atoms with Crippen LogP contribution >= 0.6 is 0 Å². The maximum atomic E-state index is 6.13. The van der Waals surface area contributed by atoms with E-state index in [2.05, 4.69) is 16.8 Å². The van der Waals surface area contributed by atoms with E-state index in [1.165, 1.54) is 32.2 Å². The SMILES string of the molecule is CN1CCCC(CN)(N2CC3CCC(C2)O3)C1. The first-order valence-electron chi connectivity index (χ1n) is 7.01. The fourth-order valence-electron chi connectivity index (χ4n) is 3.89. The minimum Gasteiger partial charge on any atom is -0.372 e. The Morgan fingerprint density at radius 2 is 2.00 bits per heavy atom. The monoisotopic (exact) mass is 239 g/mol. The summed E-state index contributed by atoms with van der Waals surface area (Å²) in [5, 5.41) is 0. The number of nitrogens with two attached hydrogens (primary N) is 1. The van der Waals surface area contributed by atoms with Crippen molar-refractivity contribution in [3.8, 4) is 0 Å². The lowest BCUT2D eigenvalue weighted by atomic mass is 9.86. The van der Waals surface area contributed by atoms with E-state index in [0.29, 0.717) is 12.2 Å². The first-order chi connectivity index (χ1) is 8.22. The highest BCUT2D eigenvalue weighted by Gasteiger charge is 2.44. The van der Waals surface area contributed by atoms with Crippen LogP contribution in [0, 0.1) is 0 Å². The van der Waals surface area contributed by atoms with Gasteiger partial charge in [0, 0.05) is 31.7 Å². The van der Waals surface area contributed by atoms with Crippen molar-refractivity contribution in [3.05, 3.63) is 0 Å². The maximum Gasteiger partial charge on any atom is 0.0707 e. The number of likely N-dealkylation sites (tertiary alicyclic amines) is 2. The summed E-state index contributed by atoms with van der Waals surface area (Å²) in [4.78, 5) is 5.09. The van der Waals surface area contributed by atoms with Crippen LogP contribution in [-0.4, -0.2) is 67.3 Å². The highest BCUT2D eigenvalue weighted by molar-refractivity contribution is 5.01. The Morgan fingerprint density at radius 1 is 1.29 bits per heavy atom. The predicted molar refractivity (Wildman–Crippen MR) is 68.0 cm³/mol. The lowest BCUT2D eigenvalue weighted by Crippen LogP contribution is -2.65. The van der Waals surface area contributed by atoms with Crippen LogP contribution < -0.4 is 5.73 Å². The molecule has 0 aliphatic carbocycles. The number of hydrogen-bond acceptors (Lipinski definition) is 4. The third kappa shape index (κ3) is 2.12. The van der Waals surface area contributed by atoms with E-state index in [9.17, 15) is 0 Å². The zero-order valence-corrected chi connectivity index (χ0v) is 10.9. The van der Waals surface area contributed by atoms with Crippen LogP contribution in [-0.2, 0) is 4.74 Å². The highest BCUT2D eigenvalue weighted by atomic mass is 16.5. The summed E-state index contributed by atoms with van der Waals surface area (Å²) in [6.07, 6.45) is 5.98. The Labute approximate surface area is 104 Å². The molecule has 2 N–H and O–H groups in total. The molecule has 0 aromatic heterocycles. The molecule has 3 unspecified atom stereocenters. The molecule has 0 amide bonds. The molecule has 0 aromatic carbocycles. The molecule has 3 rings (SSSR count). The third-order valence-electron chi connectivity index (χ3n) is 4.84. The van der Waals surface area contributed by atoms with Crippen LogP contribution in [0.1, 0.15) is 25.7 Å². The van der Waals surface area contributed by atoms with Crippen LogP contribution in [0.3, 0.4) is 0 Å². The standard InChI is InChI=1S/C13H25N3O/c1-15-6-2-5-13(9-14,10-15)16-7-11-3-4-12(8-16)17-11/h11-12H,2-10,14H2,1H3. The molecule has 4 nitrogen and oxygen atoms in total. The summed E-state index contributed by atoms with van der Waals surface area (Å²) in [7, 11) is 2.22. The molecular formula is C13H25N3O. The second-order valence-corrected chi connectivity index (χ2v) is 6.13. The minimum atomic E-state index is 0.220. The Balaban J connectivity index is 1.75. The molecule has 3 aliphatic heterocycles. The van der Waals surface area contributed by atoms with Gasteiger partial charge in [-0.15, -0.1) is 0 Å². The zero-order chi connectivity index (χ0) is 11.9. The molecule has 3 saturated heterocycles. The molecule has 4 heteroatoms. The number of rotatable bonds is 2. The maximum absolute atomic E-state index is 6.13. The highest BCUT2D eigenvalue weighted by Crippen LogP contribution is 2.34. The number of ether oxygens (including phenoxy) is 1. The molecule has 17 heavy (non-hydrogen) atoms. The van der Waals surface area contributed by atoms with Gasteiger partial charge in [0.2, 0.25) is 0 Å². The summed E-state index contributed by atoms with van der Waals surface area (Å²) in [6, 6.07) is 0. The lowest BCUT2D eigenvalue weighted by molar-refractivity contribution is -0.0911. The van der Waals surface area contributed by atoms with E-state index in [0.717, 1.165) is 26.2 Å². The van der Waals surface area contributed by atoms with Gasteiger partial charge >= 0.3 is 0 Å². The van der Waals surface area contributed by atoms with Crippen molar-refractivity contribution in [3.63, 3.8) is 0 Å². The van der Waals surface area contributed by atoms with Crippen LogP contribution in [0.2, 0.25) is 0 Å². The molecule has 0 aromatic rings. The normalized spacial score (nSPS) is 44.1. The number of likely N-dealkylation sites (N-methyl/N-ethyl adjacent to an activating group) is 1. The first-order valence-corrected chi connectivity index (χ1v) is 7.01. The third-order valence-corrected chi connectivity index (χ3v) is 4.84. The van der Waals surface area contributed by atoms with Crippen LogP contribution in [0.5, 0.6) is 0 Å². The smallest absolute Gasteiger partial charge is 0.0707 e. The van der Waals surface area contributed by atoms with Gasteiger partial charge in [0.15, 0.2) is 0 Å². The molecule has 98 valence electrons. The van der Waals surface area contributed by atoms with E-state index >= 15 is 0 Å². The summed E-state index contributed by atoms with van der Waals surface area (Å²) in [6.45, 7) is 5.34. The van der Waals surface area contributed by atoms with E-state index in [1.807, 2.05) is 0 Å². The molecule has 3 fully saturated rings. The lowest BCUT2D eigenvalue weighted by Gasteiger charge is -2.51. The fraction of sp³-hybridized carbons (Fsp3) is 1.00. The quantitative estimate of drug-likeness (QED) is 0.751. The minimum absolute atomic E-state index is 0.220. The molecule has 0 spiro atoms. The van der Waals surface area contributed by atoms with Crippen molar-refractivity contribution in [2.24, 2.45) is 5.73 Å². The van der Waals surface area contributed by atoms with Gasteiger partial charge in [-0.3, -0.25) is 4.90 Å². The number of fused-ring (bicyclic) bond motifs is 2. The number of hydrogen-bond donors (Lipinski definition) is 1. The van der Waals surface area contributed by atoms with Crippen LogP contribution in [0.4, 0.5) is 0 Å². The first kappa shape index (κ1) is 11.9. The van der Waals surface area contributed by atoms with Crippen LogP contribution in [0.25, 0.3) is 0 Å². The molecule has 3 aliphatic rings. The second-order valence-electron chi connectivity index (χ2n) is 6.13. The molecule has 2 bridgehead atoms. The Kier molecular flexibility index (Phi) is 3.15. The molecule has 0 saturated carbocycles. The average Bonchev–Trinajstić information content (AvgIpc) is 2.68. The van der Waals surface area contributed by atoms with Gasteiger partial charge in [0.1, 0.15) is 0 Å². The van der Waals surface area contributed by atoms with E-state index < -0.39 is 0 Å². The molecule has 3 heterocycles. The van der Waals surface area contributed by atoms with Crippen molar-refractivity contribution >= 4 is 0 Å². The topological polar surface area (TPSA) is 41.7 Å². The van der Waals surface area contributed by atoms with Gasteiger partial charge in [0.25, 0.3) is 0 Å². The van der Waals surface area contributed by atoms with Crippen molar-refractivity contribution in [2.75, 3.05) is 39.8 Å². The van der Waals surface area contributed by atoms with Gasteiger partial charge in [0.05, 0.1) is 12.2 Å². The zero-order valence-electron chi connectivity index (χ0n) is 10.9. The number of piperidine rings is 1. The Bertz CT molecular complexity index is 274. The number of nitrogens with zero attached hydrogens (tertiary/aromatic N) is 2. The average molecular weight is 239 g/mol. The summed E-state index contributed by atoms with van der Waals surface area (Å²) < 4.78 is 5.94. The van der Waals surface area contributed by atoms with Crippen molar-refractivity contribution < 1.29 is 4.74 Å². The van der Waals surface area contributed by atoms with Gasteiger partial charge in [-0.2, -0.15) is 0 Å². The van der Waals surface area contributed by atoms with Crippen molar-refractivity contribution in [1.82, 2.24) is 9.80 Å².